The molecule has 2 aliphatic rings. The molecule has 1 saturated heterocycles. The SMILES string of the molecule is COc1cccc(NC(=O)C[C@@H]2SC(=NS(=O)(=O)c3cccs3)N(C3CCCCC3)C2=O)c1. The lowest BCUT2D eigenvalue weighted by molar-refractivity contribution is -0.130. The fraction of sp³-hybridized carbons (Fsp3) is 0.409. The Labute approximate surface area is 201 Å². The second kappa shape index (κ2) is 10.3. The summed E-state index contributed by atoms with van der Waals surface area (Å²) in [6.45, 7) is 0. The summed E-state index contributed by atoms with van der Waals surface area (Å²) in [7, 11) is -2.38. The lowest BCUT2D eigenvalue weighted by Gasteiger charge is -2.30. The van der Waals surface area contributed by atoms with Crippen LogP contribution in [-0.2, 0) is 19.6 Å². The number of hydrogen-bond donors (Lipinski definition) is 1. The zero-order chi connectivity index (χ0) is 23.4. The van der Waals surface area contributed by atoms with Crippen LogP contribution in [0.5, 0.6) is 5.75 Å². The average molecular weight is 508 g/mol. The zero-order valence-electron chi connectivity index (χ0n) is 18.1. The number of carbonyl (C=O) groups is 2. The van der Waals surface area contributed by atoms with Crippen molar-refractivity contribution in [1.29, 1.82) is 0 Å². The lowest BCUT2D eigenvalue weighted by atomic mass is 9.94. The van der Waals surface area contributed by atoms with Crippen LogP contribution in [0.3, 0.4) is 0 Å². The number of sulfonamides is 1. The number of anilines is 1. The van der Waals surface area contributed by atoms with Gasteiger partial charge < -0.3 is 10.1 Å². The largest absolute Gasteiger partial charge is 0.497 e. The molecule has 33 heavy (non-hydrogen) atoms. The first-order chi connectivity index (χ1) is 15.9. The quantitative estimate of drug-likeness (QED) is 0.605. The molecule has 0 spiro atoms. The first-order valence-corrected chi connectivity index (χ1v) is 13.9. The summed E-state index contributed by atoms with van der Waals surface area (Å²) < 4.78 is 34.9. The molecule has 8 nitrogen and oxygen atoms in total. The minimum atomic E-state index is -3.93. The number of benzene rings is 1. The van der Waals surface area contributed by atoms with Crippen molar-refractivity contribution < 1.29 is 22.7 Å². The van der Waals surface area contributed by atoms with Gasteiger partial charge in [0.1, 0.15) is 15.2 Å². The van der Waals surface area contributed by atoms with Gasteiger partial charge in [0.2, 0.25) is 11.8 Å². The molecule has 1 aromatic carbocycles. The van der Waals surface area contributed by atoms with Crippen molar-refractivity contribution in [2.24, 2.45) is 4.40 Å². The Morgan fingerprint density at radius 1 is 1.21 bits per heavy atom. The van der Waals surface area contributed by atoms with Crippen molar-refractivity contribution in [2.45, 2.75) is 54.0 Å². The Morgan fingerprint density at radius 2 is 2.00 bits per heavy atom. The number of amidine groups is 1. The normalized spacial score (nSPS) is 20.9. The van der Waals surface area contributed by atoms with Crippen molar-refractivity contribution in [1.82, 2.24) is 4.90 Å². The Bertz CT molecular complexity index is 1140. The maximum atomic E-state index is 13.3. The van der Waals surface area contributed by atoms with E-state index in [-0.39, 0.29) is 33.7 Å². The molecule has 1 atom stereocenters. The van der Waals surface area contributed by atoms with Crippen molar-refractivity contribution in [3.05, 3.63) is 41.8 Å². The van der Waals surface area contributed by atoms with Gasteiger partial charge in [-0.15, -0.1) is 15.7 Å². The molecule has 0 radical (unpaired) electrons. The molecule has 0 bridgehead atoms. The van der Waals surface area contributed by atoms with E-state index in [0.717, 1.165) is 55.2 Å². The Morgan fingerprint density at radius 3 is 2.70 bits per heavy atom. The minimum absolute atomic E-state index is 0.0813. The van der Waals surface area contributed by atoms with Gasteiger partial charge in [-0.05, 0) is 36.4 Å². The van der Waals surface area contributed by atoms with E-state index in [0.29, 0.717) is 11.4 Å². The van der Waals surface area contributed by atoms with E-state index < -0.39 is 15.3 Å². The van der Waals surface area contributed by atoms with Gasteiger partial charge in [0.25, 0.3) is 10.0 Å². The number of nitrogens with one attached hydrogen (secondary N) is 1. The first kappa shape index (κ1) is 23.8. The number of thiophene rings is 1. The molecule has 1 aromatic heterocycles. The van der Waals surface area contributed by atoms with Crippen LogP contribution >= 0.6 is 23.1 Å². The van der Waals surface area contributed by atoms with Crippen LogP contribution in [0.1, 0.15) is 38.5 Å². The van der Waals surface area contributed by atoms with E-state index in [1.807, 2.05) is 0 Å². The Hall–Kier alpha value is -2.37. The molecule has 1 N–H and O–H groups in total. The monoisotopic (exact) mass is 507 g/mol. The van der Waals surface area contributed by atoms with E-state index in [2.05, 4.69) is 9.71 Å². The molecular formula is C22H25N3O5S3. The summed E-state index contributed by atoms with van der Waals surface area (Å²) in [5, 5.41) is 3.89. The van der Waals surface area contributed by atoms with Crippen LogP contribution in [0.2, 0.25) is 0 Å². The predicted octanol–water partition coefficient (Wildman–Crippen LogP) is 4.11. The highest BCUT2D eigenvalue weighted by Gasteiger charge is 2.43. The van der Waals surface area contributed by atoms with Crippen molar-refractivity contribution in [2.75, 3.05) is 12.4 Å². The number of carbonyl (C=O) groups excluding carboxylic acids is 2. The van der Waals surface area contributed by atoms with E-state index >= 15 is 0 Å². The third kappa shape index (κ3) is 5.59. The molecule has 1 aliphatic carbocycles. The smallest absolute Gasteiger partial charge is 0.294 e. The molecule has 2 heterocycles. The highest BCUT2D eigenvalue weighted by molar-refractivity contribution is 8.16. The topological polar surface area (TPSA) is 105 Å². The standard InChI is InChI=1S/C22H25N3O5S3/c1-30-17-10-5-7-15(13-17)23-19(26)14-18-21(27)25(16-8-3-2-4-9-16)22(32-18)24-33(28,29)20-11-6-12-31-20/h5-7,10-13,16,18H,2-4,8-9,14H2,1H3,(H,23,26)/t18-/m0/s1. The highest BCUT2D eigenvalue weighted by atomic mass is 32.2. The number of hydrogen-bond acceptors (Lipinski definition) is 7. The van der Waals surface area contributed by atoms with E-state index in [1.165, 1.54) is 11.0 Å². The van der Waals surface area contributed by atoms with E-state index in [4.69, 9.17) is 4.74 Å². The number of ether oxygens (including phenoxy) is 1. The van der Waals surface area contributed by atoms with Crippen molar-refractivity contribution in [3.63, 3.8) is 0 Å². The Balaban J connectivity index is 1.55. The number of methoxy groups -OCH3 is 1. The van der Waals surface area contributed by atoms with Crippen LogP contribution in [0.25, 0.3) is 0 Å². The fourth-order valence-electron chi connectivity index (χ4n) is 3.99. The predicted molar refractivity (Wildman–Crippen MR) is 130 cm³/mol. The summed E-state index contributed by atoms with van der Waals surface area (Å²) in [6.07, 6.45) is 4.57. The summed E-state index contributed by atoms with van der Waals surface area (Å²) in [5.74, 6) is 0.0173. The van der Waals surface area contributed by atoms with Gasteiger partial charge in [-0.2, -0.15) is 8.42 Å². The lowest BCUT2D eigenvalue weighted by Crippen LogP contribution is -2.42. The molecule has 2 amide bonds. The summed E-state index contributed by atoms with van der Waals surface area (Å²) in [4.78, 5) is 27.5. The second-order valence-electron chi connectivity index (χ2n) is 7.87. The average Bonchev–Trinajstić information content (AvgIpc) is 3.44. The molecular weight excluding hydrogens is 482 g/mol. The summed E-state index contributed by atoms with van der Waals surface area (Å²) in [5.41, 5.74) is 0.563. The molecule has 2 aromatic rings. The van der Waals surface area contributed by atoms with Gasteiger partial charge in [-0.3, -0.25) is 14.5 Å². The van der Waals surface area contributed by atoms with Crippen LogP contribution < -0.4 is 10.1 Å². The van der Waals surface area contributed by atoms with Crippen LogP contribution in [0, 0.1) is 0 Å². The number of nitrogens with zero attached hydrogens (tertiary/aromatic N) is 2. The molecule has 0 unspecified atom stereocenters. The van der Waals surface area contributed by atoms with Gasteiger partial charge in [0.05, 0.1) is 7.11 Å². The molecule has 1 aliphatic heterocycles. The Kier molecular flexibility index (Phi) is 7.40. The maximum Gasteiger partial charge on any atom is 0.294 e. The highest BCUT2D eigenvalue weighted by Crippen LogP contribution is 2.36. The van der Waals surface area contributed by atoms with Gasteiger partial charge >= 0.3 is 0 Å². The van der Waals surface area contributed by atoms with E-state index in [1.54, 1.807) is 42.8 Å². The summed E-state index contributed by atoms with van der Waals surface area (Å²) in [6, 6.07) is 10.0. The van der Waals surface area contributed by atoms with Gasteiger partial charge in [0.15, 0.2) is 5.17 Å². The van der Waals surface area contributed by atoms with Gasteiger partial charge in [-0.1, -0.05) is 43.2 Å². The number of amides is 2. The van der Waals surface area contributed by atoms with E-state index in [9.17, 15) is 18.0 Å². The van der Waals surface area contributed by atoms with Crippen molar-refractivity contribution in [3.8, 4) is 5.75 Å². The van der Waals surface area contributed by atoms with Crippen molar-refractivity contribution >= 4 is 55.8 Å². The number of rotatable bonds is 7. The van der Waals surface area contributed by atoms with Crippen LogP contribution in [-0.4, -0.2) is 48.7 Å². The first-order valence-electron chi connectivity index (χ1n) is 10.7. The molecule has 4 rings (SSSR count). The number of thioether (sulfide) groups is 1. The molecule has 2 fully saturated rings. The molecule has 11 heteroatoms. The van der Waals surface area contributed by atoms with Crippen LogP contribution in [0.15, 0.2) is 50.4 Å². The minimum Gasteiger partial charge on any atom is -0.497 e. The second-order valence-corrected chi connectivity index (χ2v) is 11.8. The third-order valence-electron chi connectivity index (χ3n) is 5.58. The summed E-state index contributed by atoms with van der Waals surface area (Å²) >= 11 is 2.14. The zero-order valence-corrected chi connectivity index (χ0v) is 20.5. The van der Waals surface area contributed by atoms with Gasteiger partial charge in [-0.25, -0.2) is 0 Å². The van der Waals surface area contributed by atoms with Crippen LogP contribution in [0.4, 0.5) is 5.69 Å². The maximum absolute atomic E-state index is 13.3. The van der Waals surface area contributed by atoms with Gasteiger partial charge in [0, 0.05) is 24.2 Å². The fourth-order valence-corrected chi connectivity index (χ4v) is 7.36. The third-order valence-corrected chi connectivity index (χ3v) is 9.49. The molecule has 1 saturated carbocycles. The molecule has 176 valence electrons.